The molecule has 0 spiro atoms. The number of carboxylic acid groups (broad SMARTS) is 1. The third kappa shape index (κ3) is 2.86. The third-order valence-electron chi connectivity index (χ3n) is 3.37. The minimum atomic E-state index is -3.99. The molecule has 0 saturated heterocycles. The molecule has 1 atom stereocenters. The van der Waals surface area contributed by atoms with E-state index in [9.17, 15) is 13.2 Å². The topological polar surface area (TPSA) is 110 Å². The number of para-hydroxylation sites is 1. The summed E-state index contributed by atoms with van der Waals surface area (Å²) in [6.07, 6.45) is 1.49. The summed E-state index contributed by atoms with van der Waals surface area (Å²) in [6.45, 7) is 1.66. The largest absolute Gasteiger partial charge is 0.475 e. The fraction of sp³-hybridized carbons (Fsp3) is 0.133. The molecule has 0 aliphatic rings. The van der Waals surface area contributed by atoms with E-state index in [1.165, 1.54) is 6.26 Å². The Bertz CT molecular complexity index is 969. The first-order chi connectivity index (χ1) is 10.9. The van der Waals surface area contributed by atoms with E-state index in [-0.39, 0.29) is 0 Å². The molecule has 3 rings (SSSR count). The lowest BCUT2D eigenvalue weighted by Crippen LogP contribution is -2.26. The minimum absolute atomic E-state index is 0.438. The van der Waals surface area contributed by atoms with E-state index in [2.05, 4.69) is 4.72 Å². The number of carboxylic acids is 1. The van der Waals surface area contributed by atoms with Crippen LogP contribution in [0.25, 0.3) is 11.0 Å². The maximum atomic E-state index is 12.3. The summed E-state index contributed by atoms with van der Waals surface area (Å²) in [5, 5.41) is 9.14. The normalized spacial score (nSPS) is 13.3. The SMILES string of the molecule is CC(NS(=O)(=O)c1ccc(C(=O)O)o1)c1coc2ccccc12. The molecule has 0 aliphatic carbocycles. The van der Waals surface area contributed by atoms with Gasteiger partial charge in [0.25, 0.3) is 10.0 Å². The summed E-state index contributed by atoms with van der Waals surface area (Å²) >= 11 is 0. The second kappa shape index (κ2) is 5.56. The van der Waals surface area contributed by atoms with E-state index >= 15 is 0 Å². The van der Waals surface area contributed by atoms with Crippen molar-refractivity contribution in [3.63, 3.8) is 0 Å². The van der Waals surface area contributed by atoms with E-state index in [1.807, 2.05) is 18.2 Å². The molecule has 120 valence electrons. The molecule has 2 N–H and O–H groups in total. The predicted octanol–water partition coefficient (Wildman–Crippen LogP) is 2.76. The van der Waals surface area contributed by atoms with Crippen LogP contribution in [0.5, 0.6) is 0 Å². The van der Waals surface area contributed by atoms with Crippen molar-refractivity contribution in [3.05, 3.63) is 54.0 Å². The number of hydrogen-bond acceptors (Lipinski definition) is 5. The van der Waals surface area contributed by atoms with Crippen LogP contribution in [0.3, 0.4) is 0 Å². The number of aromatic carboxylic acids is 1. The lowest BCUT2D eigenvalue weighted by Gasteiger charge is -2.11. The molecule has 3 aromatic rings. The van der Waals surface area contributed by atoms with Gasteiger partial charge in [-0.3, -0.25) is 0 Å². The van der Waals surface area contributed by atoms with Crippen molar-refractivity contribution in [3.8, 4) is 0 Å². The Kier molecular flexibility index (Phi) is 3.70. The number of fused-ring (bicyclic) bond motifs is 1. The van der Waals surface area contributed by atoms with Gasteiger partial charge in [-0.2, -0.15) is 0 Å². The van der Waals surface area contributed by atoms with Gasteiger partial charge in [0.05, 0.1) is 6.26 Å². The van der Waals surface area contributed by atoms with Crippen molar-refractivity contribution in [2.24, 2.45) is 0 Å². The van der Waals surface area contributed by atoms with Crippen LogP contribution in [0.1, 0.15) is 29.1 Å². The van der Waals surface area contributed by atoms with Crippen molar-refractivity contribution in [1.29, 1.82) is 0 Å². The summed E-state index contributed by atoms with van der Waals surface area (Å²) in [6, 6.07) is 8.87. The van der Waals surface area contributed by atoms with Gasteiger partial charge >= 0.3 is 5.97 Å². The van der Waals surface area contributed by atoms with Crippen LogP contribution in [0, 0.1) is 0 Å². The van der Waals surface area contributed by atoms with Gasteiger partial charge in [-0.15, -0.1) is 0 Å². The highest BCUT2D eigenvalue weighted by atomic mass is 32.2. The molecule has 0 aliphatic heterocycles. The summed E-state index contributed by atoms with van der Waals surface area (Å²) in [5.74, 6) is -1.77. The molecule has 0 saturated carbocycles. The van der Waals surface area contributed by atoms with Crippen molar-refractivity contribution in [2.45, 2.75) is 18.1 Å². The van der Waals surface area contributed by atoms with E-state index in [4.69, 9.17) is 13.9 Å². The zero-order chi connectivity index (χ0) is 16.6. The highest BCUT2D eigenvalue weighted by Gasteiger charge is 2.25. The molecule has 1 unspecified atom stereocenters. The van der Waals surface area contributed by atoms with Crippen molar-refractivity contribution < 1.29 is 27.2 Å². The maximum Gasteiger partial charge on any atom is 0.371 e. The lowest BCUT2D eigenvalue weighted by molar-refractivity contribution is 0.0656. The second-order valence-electron chi connectivity index (χ2n) is 4.95. The number of nitrogens with one attached hydrogen (secondary N) is 1. The number of sulfonamides is 1. The molecule has 0 fully saturated rings. The van der Waals surface area contributed by atoms with Gasteiger partial charge in [0.1, 0.15) is 5.58 Å². The van der Waals surface area contributed by atoms with Gasteiger partial charge in [-0.05, 0) is 25.1 Å². The first-order valence-electron chi connectivity index (χ1n) is 6.70. The minimum Gasteiger partial charge on any atom is -0.475 e. The van der Waals surface area contributed by atoms with Crippen molar-refractivity contribution in [2.75, 3.05) is 0 Å². The standard InChI is InChI=1S/C15H13NO6S/c1-9(11-8-21-12-5-3-2-4-10(11)12)16-23(19,20)14-7-6-13(22-14)15(17)18/h2-9,16H,1H3,(H,17,18). The average molecular weight is 335 g/mol. The fourth-order valence-electron chi connectivity index (χ4n) is 2.27. The third-order valence-corrected chi connectivity index (χ3v) is 4.78. The summed E-state index contributed by atoms with van der Waals surface area (Å²) < 4.78 is 37.2. The van der Waals surface area contributed by atoms with Gasteiger partial charge in [0.15, 0.2) is 0 Å². The van der Waals surface area contributed by atoms with Gasteiger partial charge < -0.3 is 13.9 Å². The molecule has 0 amide bonds. The van der Waals surface area contributed by atoms with Crippen LogP contribution < -0.4 is 4.72 Å². The Morgan fingerprint density at radius 2 is 1.96 bits per heavy atom. The van der Waals surface area contributed by atoms with E-state index in [0.717, 1.165) is 17.5 Å². The van der Waals surface area contributed by atoms with Gasteiger partial charge in [0, 0.05) is 17.0 Å². The molecule has 2 aromatic heterocycles. The highest BCUT2D eigenvalue weighted by molar-refractivity contribution is 7.89. The molecular weight excluding hydrogens is 322 g/mol. The Labute approximate surface area is 131 Å². The zero-order valence-corrected chi connectivity index (χ0v) is 12.8. The lowest BCUT2D eigenvalue weighted by atomic mass is 10.1. The first-order valence-corrected chi connectivity index (χ1v) is 8.18. The smallest absolute Gasteiger partial charge is 0.371 e. The molecule has 7 nitrogen and oxygen atoms in total. The summed E-state index contributed by atoms with van der Waals surface area (Å²) in [7, 11) is -3.99. The van der Waals surface area contributed by atoms with Gasteiger partial charge in [0.2, 0.25) is 10.9 Å². The predicted molar refractivity (Wildman–Crippen MR) is 80.6 cm³/mol. The Morgan fingerprint density at radius 1 is 1.22 bits per heavy atom. The monoisotopic (exact) mass is 335 g/mol. The molecule has 1 aromatic carbocycles. The molecular formula is C15H13NO6S. The number of hydrogen-bond donors (Lipinski definition) is 2. The van der Waals surface area contributed by atoms with Gasteiger partial charge in [-0.25, -0.2) is 17.9 Å². The summed E-state index contributed by atoms with van der Waals surface area (Å²) in [4.78, 5) is 10.8. The molecule has 0 bridgehead atoms. The van der Waals surface area contributed by atoms with Crippen LogP contribution in [-0.2, 0) is 10.0 Å². The number of furan rings is 2. The quantitative estimate of drug-likeness (QED) is 0.742. The van der Waals surface area contributed by atoms with Crippen LogP contribution >= 0.6 is 0 Å². The molecule has 23 heavy (non-hydrogen) atoms. The number of rotatable bonds is 5. The highest BCUT2D eigenvalue weighted by Crippen LogP contribution is 2.27. The zero-order valence-electron chi connectivity index (χ0n) is 12.0. The summed E-state index contributed by atoms with van der Waals surface area (Å²) in [5.41, 5.74) is 1.33. The number of benzene rings is 1. The van der Waals surface area contributed by atoms with E-state index in [1.54, 1.807) is 13.0 Å². The van der Waals surface area contributed by atoms with E-state index in [0.29, 0.717) is 11.1 Å². The molecule has 2 heterocycles. The fourth-order valence-corrected chi connectivity index (χ4v) is 3.42. The molecule has 0 radical (unpaired) electrons. The number of carbonyl (C=O) groups is 1. The van der Waals surface area contributed by atoms with Gasteiger partial charge in [-0.1, -0.05) is 18.2 Å². The van der Waals surface area contributed by atoms with Crippen molar-refractivity contribution in [1.82, 2.24) is 4.72 Å². The Balaban J connectivity index is 1.88. The van der Waals surface area contributed by atoms with Crippen LogP contribution in [0.2, 0.25) is 0 Å². The average Bonchev–Trinajstić information content (AvgIpc) is 3.14. The van der Waals surface area contributed by atoms with Crippen LogP contribution in [0.15, 0.2) is 56.6 Å². The Morgan fingerprint density at radius 3 is 2.65 bits per heavy atom. The Hall–Kier alpha value is -2.58. The second-order valence-corrected chi connectivity index (χ2v) is 6.60. The van der Waals surface area contributed by atoms with E-state index < -0.39 is 32.9 Å². The molecule has 8 heteroatoms. The van der Waals surface area contributed by atoms with Crippen molar-refractivity contribution >= 4 is 27.0 Å². The van der Waals surface area contributed by atoms with Crippen LogP contribution in [-0.4, -0.2) is 19.5 Å². The first kappa shape index (κ1) is 15.3. The van der Waals surface area contributed by atoms with Crippen LogP contribution in [0.4, 0.5) is 0 Å². The maximum absolute atomic E-state index is 12.3.